The molecule has 0 N–H and O–H groups in total. The number of rotatable bonds is 7. The van der Waals surface area contributed by atoms with Crippen molar-refractivity contribution in [2.24, 2.45) is 0 Å². The van der Waals surface area contributed by atoms with Gasteiger partial charge < -0.3 is 9.47 Å². The molecular weight excluding hydrogens is 709 g/mol. The summed E-state index contributed by atoms with van der Waals surface area (Å²) in [7, 11) is 0. The van der Waals surface area contributed by atoms with Crippen LogP contribution in [0.5, 0.6) is 0 Å². The molecule has 0 spiro atoms. The van der Waals surface area contributed by atoms with Gasteiger partial charge in [0.25, 0.3) is 0 Å². The first kappa shape index (κ1) is 33.2. The van der Waals surface area contributed by atoms with E-state index in [0.29, 0.717) is 0 Å². The summed E-state index contributed by atoms with van der Waals surface area (Å²) in [5.74, 6) is 0. The van der Waals surface area contributed by atoms with Crippen LogP contribution >= 0.6 is 11.3 Å². The number of anilines is 3. The predicted molar refractivity (Wildman–Crippen MR) is 245 cm³/mol. The minimum atomic E-state index is 1.10. The summed E-state index contributed by atoms with van der Waals surface area (Å²) in [5, 5.41) is 5.07. The highest BCUT2D eigenvalue weighted by atomic mass is 32.1. The van der Waals surface area contributed by atoms with E-state index < -0.39 is 0 Å². The Bertz CT molecular complexity index is 3210. The zero-order chi connectivity index (χ0) is 37.7. The van der Waals surface area contributed by atoms with Gasteiger partial charge >= 0.3 is 0 Å². The van der Waals surface area contributed by atoms with E-state index >= 15 is 0 Å². The molecule has 268 valence electrons. The van der Waals surface area contributed by atoms with Crippen LogP contribution in [0, 0.1) is 0 Å². The number of fused-ring (bicyclic) bond motifs is 6. The Morgan fingerprint density at radius 1 is 0.351 bits per heavy atom. The fraction of sp³-hybridized carbons (Fsp3) is 0. The van der Waals surface area contributed by atoms with Crippen molar-refractivity contribution in [2.75, 3.05) is 4.90 Å². The highest BCUT2D eigenvalue weighted by Gasteiger charge is 2.20. The van der Waals surface area contributed by atoms with Gasteiger partial charge in [0, 0.05) is 38.2 Å². The largest absolute Gasteiger partial charge is 0.310 e. The summed E-state index contributed by atoms with van der Waals surface area (Å²) in [4.78, 5) is 2.38. The van der Waals surface area contributed by atoms with Gasteiger partial charge in [0.2, 0.25) is 0 Å². The number of thiophene rings is 1. The second kappa shape index (κ2) is 13.8. The predicted octanol–water partition coefficient (Wildman–Crippen LogP) is 15.6. The number of hydrogen-bond acceptors (Lipinski definition) is 2. The molecule has 0 unspecified atom stereocenters. The standard InChI is InChI=1S/C54H36N2S/c1-3-14-37(15-4-1)38-28-32-43(33-29-38)55(44-34-30-40(31-35-44)47-24-12-17-39-16-7-8-22-46(39)47)45-21-11-18-41(36-45)48-25-13-26-50-52-54(57-53(48)50)49-23-9-10-27-51(49)56(52)42-19-5-2-6-20-42/h1-36H. The summed E-state index contributed by atoms with van der Waals surface area (Å²) >= 11 is 1.90. The molecule has 2 aromatic heterocycles. The number of nitrogens with zero attached hydrogens (tertiary/aromatic N) is 2. The third-order valence-corrected chi connectivity index (χ3v) is 12.5. The quantitative estimate of drug-likeness (QED) is 0.158. The van der Waals surface area contributed by atoms with E-state index in [0.717, 1.165) is 17.1 Å². The number of para-hydroxylation sites is 2. The molecule has 0 amide bonds. The molecule has 0 atom stereocenters. The third kappa shape index (κ3) is 5.71. The van der Waals surface area contributed by atoms with E-state index in [-0.39, 0.29) is 0 Å². The first-order valence-electron chi connectivity index (χ1n) is 19.4. The van der Waals surface area contributed by atoms with Crippen LogP contribution in [0.1, 0.15) is 0 Å². The second-order valence-corrected chi connectivity index (χ2v) is 15.5. The van der Waals surface area contributed by atoms with E-state index in [1.807, 2.05) is 11.3 Å². The van der Waals surface area contributed by atoms with Gasteiger partial charge in [-0.1, -0.05) is 164 Å². The average molecular weight is 745 g/mol. The fourth-order valence-electron chi connectivity index (χ4n) is 8.52. The first-order chi connectivity index (χ1) is 28.3. The van der Waals surface area contributed by atoms with Gasteiger partial charge in [-0.15, -0.1) is 11.3 Å². The maximum atomic E-state index is 2.44. The minimum absolute atomic E-state index is 1.10. The molecule has 11 aromatic rings. The summed E-state index contributed by atoms with van der Waals surface area (Å²) in [6, 6.07) is 79.1. The molecule has 11 rings (SSSR count). The normalized spacial score (nSPS) is 11.5. The van der Waals surface area contributed by atoms with Crippen LogP contribution in [-0.4, -0.2) is 4.57 Å². The lowest BCUT2D eigenvalue weighted by Gasteiger charge is -2.26. The summed E-state index contributed by atoms with van der Waals surface area (Å²) in [5.41, 5.74) is 14.3. The van der Waals surface area contributed by atoms with Gasteiger partial charge in [0.1, 0.15) is 0 Å². The molecule has 0 bridgehead atoms. The number of aromatic nitrogens is 1. The zero-order valence-electron chi connectivity index (χ0n) is 31.1. The maximum absolute atomic E-state index is 2.44. The van der Waals surface area contributed by atoms with Crippen LogP contribution in [0.2, 0.25) is 0 Å². The van der Waals surface area contributed by atoms with Crippen LogP contribution in [-0.2, 0) is 0 Å². The first-order valence-corrected chi connectivity index (χ1v) is 20.2. The smallest absolute Gasteiger partial charge is 0.0727 e. The SMILES string of the molecule is c1ccc(-c2ccc(N(c3ccc(-c4cccc5ccccc45)cc3)c3cccc(-c4cccc5c4sc4c6ccccc6n(-c6ccccc6)c54)c3)cc2)cc1. The van der Waals surface area contributed by atoms with E-state index in [9.17, 15) is 0 Å². The van der Waals surface area contributed by atoms with Crippen LogP contribution in [0.4, 0.5) is 17.1 Å². The highest BCUT2D eigenvalue weighted by Crippen LogP contribution is 2.46. The Morgan fingerprint density at radius 3 is 1.70 bits per heavy atom. The van der Waals surface area contributed by atoms with E-state index in [1.54, 1.807) is 0 Å². The average Bonchev–Trinajstić information content (AvgIpc) is 3.83. The number of hydrogen-bond donors (Lipinski definition) is 0. The van der Waals surface area contributed by atoms with Crippen LogP contribution in [0.3, 0.4) is 0 Å². The van der Waals surface area contributed by atoms with Gasteiger partial charge in [-0.2, -0.15) is 0 Å². The minimum Gasteiger partial charge on any atom is -0.310 e. The molecule has 57 heavy (non-hydrogen) atoms. The lowest BCUT2D eigenvalue weighted by atomic mass is 9.98. The third-order valence-electron chi connectivity index (χ3n) is 11.2. The van der Waals surface area contributed by atoms with Crippen LogP contribution < -0.4 is 4.90 Å². The van der Waals surface area contributed by atoms with Crippen LogP contribution in [0.25, 0.3) is 81.0 Å². The summed E-state index contributed by atoms with van der Waals surface area (Å²) in [6.07, 6.45) is 0. The molecule has 0 aliphatic rings. The van der Waals surface area contributed by atoms with Crippen molar-refractivity contribution in [3.05, 3.63) is 218 Å². The molecule has 0 aliphatic heterocycles. The van der Waals surface area contributed by atoms with Crippen molar-refractivity contribution in [3.63, 3.8) is 0 Å². The highest BCUT2D eigenvalue weighted by molar-refractivity contribution is 7.27. The van der Waals surface area contributed by atoms with Crippen molar-refractivity contribution in [1.82, 2.24) is 4.57 Å². The Labute approximate surface area is 335 Å². The van der Waals surface area contributed by atoms with Gasteiger partial charge in [-0.25, -0.2) is 0 Å². The Balaban J connectivity index is 1.05. The van der Waals surface area contributed by atoms with Gasteiger partial charge in [-0.05, 0) is 98.8 Å². The van der Waals surface area contributed by atoms with Crippen molar-refractivity contribution in [2.45, 2.75) is 0 Å². The van der Waals surface area contributed by atoms with E-state index in [4.69, 9.17) is 0 Å². The Kier molecular flexibility index (Phi) is 8.04. The number of benzene rings is 9. The molecule has 0 radical (unpaired) electrons. The Morgan fingerprint density at radius 2 is 0.912 bits per heavy atom. The van der Waals surface area contributed by atoms with Crippen molar-refractivity contribution in [1.29, 1.82) is 0 Å². The van der Waals surface area contributed by atoms with Crippen molar-refractivity contribution >= 4 is 70.4 Å². The molecule has 0 aliphatic carbocycles. The van der Waals surface area contributed by atoms with Crippen molar-refractivity contribution in [3.8, 4) is 39.1 Å². The summed E-state index contributed by atoms with van der Waals surface area (Å²) in [6.45, 7) is 0. The molecule has 2 heterocycles. The van der Waals surface area contributed by atoms with E-state index in [2.05, 4.69) is 228 Å². The monoisotopic (exact) mass is 744 g/mol. The topological polar surface area (TPSA) is 8.17 Å². The second-order valence-electron chi connectivity index (χ2n) is 14.5. The zero-order valence-corrected chi connectivity index (χ0v) is 31.9. The molecular formula is C54H36N2S. The van der Waals surface area contributed by atoms with Crippen molar-refractivity contribution < 1.29 is 0 Å². The van der Waals surface area contributed by atoms with E-state index in [1.165, 1.54) is 81.0 Å². The fourth-order valence-corrected chi connectivity index (χ4v) is 9.88. The molecule has 3 heteroatoms. The lowest BCUT2D eigenvalue weighted by Crippen LogP contribution is -2.10. The summed E-state index contributed by atoms with van der Waals surface area (Å²) < 4.78 is 5.06. The lowest BCUT2D eigenvalue weighted by molar-refractivity contribution is 1.19. The van der Waals surface area contributed by atoms with Gasteiger partial charge in [0.15, 0.2) is 0 Å². The molecule has 9 aromatic carbocycles. The Hall–Kier alpha value is -7.20. The molecule has 2 nitrogen and oxygen atoms in total. The maximum Gasteiger partial charge on any atom is 0.0727 e. The molecule has 0 saturated carbocycles. The molecule has 0 saturated heterocycles. The van der Waals surface area contributed by atoms with Gasteiger partial charge in [-0.3, -0.25) is 0 Å². The molecule has 0 fully saturated rings. The van der Waals surface area contributed by atoms with Crippen LogP contribution in [0.15, 0.2) is 218 Å². The van der Waals surface area contributed by atoms with Gasteiger partial charge in [0.05, 0.1) is 15.7 Å².